The number of hydrogen-bond acceptors (Lipinski definition) is 5. The Hall–Kier alpha value is -2.55. The number of benzene rings is 1. The molecule has 22 heavy (non-hydrogen) atoms. The van der Waals surface area contributed by atoms with E-state index in [0.717, 1.165) is 0 Å². The molecule has 0 bridgehead atoms. The molecule has 0 aliphatic rings. The van der Waals surface area contributed by atoms with Crippen molar-refractivity contribution in [3.05, 3.63) is 24.3 Å². The maximum absolute atomic E-state index is 11.3. The zero-order valence-electron chi connectivity index (χ0n) is 11.1. The molecule has 2 atom stereocenters. The molecule has 2 unspecified atom stereocenters. The minimum absolute atomic E-state index is 0.227. The summed E-state index contributed by atoms with van der Waals surface area (Å²) >= 11 is 0.691. The molecule has 1 aromatic heterocycles. The van der Waals surface area contributed by atoms with E-state index in [-0.39, 0.29) is 5.16 Å². The van der Waals surface area contributed by atoms with Gasteiger partial charge in [-0.05, 0) is 12.1 Å². The summed E-state index contributed by atoms with van der Waals surface area (Å²) in [7, 11) is 0. The first-order valence-electron chi connectivity index (χ1n) is 6.17. The van der Waals surface area contributed by atoms with Crippen molar-refractivity contribution >= 4 is 40.7 Å². The van der Waals surface area contributed by atoms with Gasteiger partial charge in [0.05, 0.1) is 23.4 Å². The van der Waals surface area contributed by atoms with E-state index < -0.39 is 35.5 Å². The number of thioether (sulfide) groups is 1. The van der Waals surface area contributed by atoms with E-state index in [2.05, 4.69) is 9.97 Å². The zero-order chi connectivity index (χ0) is 16.3. The quantitative estimate of drug-likeness (QED) is 0.558. The summed E-state index contributed by atoms with van der Waals surface area (Å²) in [5, 5.41) is 25.8. The Bertz CT molecular complexity index is 695. The van der Waals surface area contributed by atoms with Gasteiger partial charge < -0.3 is 20.3 Å². The second-order valence-electron chi connectivity index (χ2n) is 4.48. The van der Waals surface area contributed by atoms with Gasteiger partial charge in [0.2, 0.25) is 0 Å². The summed E-state index contributed by atoms with van der Waals surface area (Å²) in [6.07, 6.45) is -0.778. The molecule has 0 radical (unpaired) electrons. The highest BCUT2D eigenvalue weighted by atomic mass is 32.2. The second-order valence-corrected chi connectivity index (χ2v) is 5.61. The van der Waals surface area contributed by atoms with Gasteiger partial charge in [0.15, 0.2) is 5.16 Å². The van der Waals surface area contributed by atoms with Gasteiger partial charge in [-0.2, -0.15) is 0 Å². The number of fused-ring (bicyclic) bond motifs is 1. The van der Waals surface area contributed by atoms with Crippen LogP contribution in [0.4, 0.5) is 0 Å². The number of nitrogens with zero attached hydrogens (tertiary/aromatic N) is 1. The third-order valence-corrected chi connectivity index (χ3v) is 4.13. The number of nitrogens with one attached hydrogen (secondary N) is 1. The van der Waals surface area contributed by atoms with Crippen LogP contribution in [0.1, 0.15) is 6.42 Å². The number of hydrogen-bond donors (Lipinski definition) is 4. The summed E-state index contributed by atoms with van der Waals surface area (Å²) < 4.78 is 0. The average molecular weight is 324 g/mol. The Morgan fingerprint density at radius 3 is 2.36 bits per heavy atom. The number of para-hydroxylation sites is 2. The number of carbonyl (C=O) groups is 3. The number of aromatic nitrogens is 2. The number of aromatic amines is 1. The van der Waals surface area contributed by atoms with Crippen LogP contribution < -0.4 is 0 Å². The van der Waals surface area contributed by atoms with Crippen molar-refractivity contribution in [3.63, 3.8) is 0 Å². The van der Waals surface area contributed by atoms with Gasteiger partial charge in [0.25, 0.3) is 0 Å². The number of rotatable bonds is 7. The summed E-state index contributed by atoms with van der Waals surface area (Å²) in [6.45, 7) is 0. The van der Waals surface area contributed by atoms with Crippen molar-refractivity contribution in [1.82, 2.24) is 9.97 Å². The fourth-order valence-electron chi connectivity index (χ4n) is 1.92. The van der Waals surface area contributed by atoms with E-state index in [9.17, 15) is 19.5 Å². The Labute approximate surface area is 128 Å². The van der Waals surface area contributed by atoms with E-state index in [1.165, 1.54) is 0 Å². The smallest absolute Gasteiger partial charge is 0.318 e. The number of H-pyrrole nitrogens is 1. The van der Waals surface area contributed by atoms with Crippen molar-refractivity contribution in [3.8, 4) is 0 Å². The van der Waals surface area contributed by atoms with E-state index in [0.29, 0.717) is 22.8 Å². The van der Waals surface area contributed by atoms with Crippen LogP contribution in [0.25, 0.3) is 11.0 Å². The Morgan fingerprint density at radius 1 is 1.14 bits per heavy atom. The van der Waals surface area contributed by atoms with Gasteiger partial charge in [-0.3, -0.25) is 14.4 Å². The van der Waals surface area contributed by atoms with Gasteiger partial charge in [0.1, 0.15) is 5.25 Å². The van der Waals surface area contributed by atoms with Crippen LogP contribution in [0.3, 0.4) is 0 Å². The standard InChI is InChI=1S/C13H12N2O6S/c16-9(17)5-6(11(18)19)10(12(20)21)22-13-14-7-3-1-2-4-8(7)15-13/h1-4,6,10H,5H2,(H,14,15)(H,16,17)(H,18,19)(H,20,21). The van der Waals surface area contributed by atoms with Crippen LogP contribution in [0, 0.1) is 5.92 Å². The number of aliphatic carboxylic acids is 3. The first kappa shape index (κ1) is 15.8. The molecule has 0 aliphatic heterocycles. The molecule has 2 rings (SSSR count). The van der Waals surface area contributed by atoms with Crippen LogP contribution in [-0.2, 0) is 14.4 Å². The van der Waals surface area contributed by atoms with E-state index in [1.807, 2.05) is 0 Å². The summed E-state index contributed by atoms with van der Waals surface area (Å²) in [5.74, 6) is -5.81. The molecule has 4 N–H and O–H groups in total. The Morgan fingerprint density at radius 2 is 1.82 bits per heavy atom. The highest BCUT2D eigenvalue weighted by molar-refractivity contribution is 8.00. The molecule has 2 aromatic rings. The SMILES string of the molecule is O=C(O)CC(C(=O)O)C(Sc1nc2ccccc2[nH]1)C(=O)O. The van der Waals surface area contributed by atoms with Crippen LogP contribution >= 0.6 is 11.8 Å². The zero-order valence-corrected chi connectivity index (χ0v) is 11.9. The molecular formula is C13H12N2O6S. The van der Waals surface area contributed by atoms with Crippen LogP contribution in [0.5, 0.6) is 0 Å². The lowest BCUT2D eigenvalue weighted by Gasteiger charge is -2.17. The predicted molar refractivity (Wildman–Crippen MR) is 76.8 cm³/mol. The molecule has 8 nitrogen and oxygen atoms in total. The molecule has 0 spiro atoms. The van der Waals surface area contributed by atoms with Crippen molar-refractivity contribution < 1.29 is 29.7 Å². The Kier molecular flexibility index (Phi) is 4.66. The molecular weight excluding hydrogens is 312 g/mol. The van der Waals surface area contributed by atoms with Crippen LogP contribution in [-0.4, -0.2) is 48.4 Å². The maximum Gasteiger partial charge on any atom is 0.318 e. The first-order valence-corrected chi connectivity index (χ1v) is 7.05. The third-order valence-electron chi connectivity index (χ3n) is 2.93. The minimum Gasteiger partial charge on any atom is -0.481 e. The first-order chi connectivity index (χ1) is 10.4. The van der Waals surface area contributed by atoms with Crippen molar-refractivity contribution in [1.29, 1.82) is 0 Å². The molecule has 116 valence electrons. The highest BCUT2D eigenvalue weighted by Gasteiger charge is 2.37. The minimum atomic E-state index is -1.56. The molecule has 0 saturated heterocycles. The fourth-order valence-corrected chi connectivity index (χ4v) is 2.96. The highest BCUT2D eigenvalue weighted by Crippen LogP contribution is 2.30. The predicted octanol–water partition coefficient (Wildman–Crippen LogP) is 1.28. The molecule has 0 fully saturated rings. The van der Waals surface area contributed by atoms with E-state index in [1.54, 1.807) is 24.3 Å². The lowest BCUT2D eigenvalue weighted by atomic mass is 10.0. The monoisotopic (exact) mass is 324 g/mol. The van der Waals surface area contributed by atoms with E-state index >= 15 is 0 Å². The van der Waals surface area contributed by atoms with Crippen LogP contribution in [0.15, 0.2) is 29.4 Å². The molecule has 0 saturated carbocycles. The topological polar surface area (TPSA) is 141 Å². The van der Waals surface area contributed by atoms with Crippen molar-refractivity contribution in [2.24, 2.45) is 5.92 Å². The maximum atomic E-state index is 11.3. The van der Waals surface area contributed by atoms with Gasteiger partial charge in [0, 0.05) is 0 Å². The van der Waals surface area contributed by atoms with Crippen molar-refractivity contribution in [2.75, 3.05) is 0 Å². The largest absolute Gasteiger partial charge is 0.481 e. The van der Waals surface area contributed by atoms with Gasteiger partial charge in [-0.15, -0.1) is 0 Å². The van der Waals surface area contributed by atoms with E-state index in [4.69, 9.17) is 10.2 Å². The lowest BCUT2D eigenvalue weighted by molar-refractivity contribution is -0.151. The second kappa shape index (κ2) is 6.48. The van der Waals surface area contributed by atoms with Crippen molar-refractivity contribution in [2.45, 2.75) is 16.8 Å². The average Bonchev–Trinajstić information content (AvgIpc) is 2.84. The number of carboxylic acids is 3. The fraction of sp³-hybridized carbons (Fsp3) is 0.231. The van der Waals surface area contributed by atoms with Gasteiger partial charge in [-0.25, -0.2) is 4.98 Å². The Balaban J connectivity index is 2.28. The third kappa shape index (κ3) is 3.55. The number of carboxylic acid groups (broad SMARTS) is 3. The molecule has 0 amide bonds. The summed E-state index contributed by atoms with van der Waals surface area (Å²) in [5.41, 5.74) is 1.29. The molecule has 9 heteroatoms. The normalized spacial score (nSPS) is 13.6. The van der Waals surface area contributed by atoms with Gasteiger partial charge in [-0.1, -0.05) is 23.9 Å². The summed E-state index contributed by atoms with van der Waals surface area (Å²) in [4.78, 5) is 40.3. The lowest BCUT2D eigenvalue weighted by Crippen LogP contribution is -2.34. The van der Waals surface area contributed by atoms with Gasteiger partial charge >= 0.3 is 17.9 Å². The molecule has 1 heterocycles. The molecule has 0 aliphatic carbocycles. The number of imidazole rings is 1. The summed E-state index contributed by atoms with van der Waals surface area (Å²) in [6, 6.07) is 7.00. The van der Waals surface area contributed by atoms with Crippen LogP contribution in [0.2, 0.25) is 0 Å². The molecule has 1 aromatic carbocycles.